The normalized spacial score (nSPS) is 15.3. The molecule has 0 unspecified atom stereocenters. The van der Waals surface area contributed by atoms with Gasteiger partial charge in [0.1, 0.15) is 0 Å². The van der Waals surface area contributed by atoms with E-state index in [0.29, 0.717) is 6.04 Å². The number of aryl methyl sites for hydroxylation is 1. The van der Waals surface area contributed by atoms with Gasteiger partial charge in [0, 0.05) is 18.4 Å². The Hall–Kier alpha value is -1.12. The molecule has 1 aromatic heterocycles. The van der Waals surface area contributed by atoms with Crippen molar-refractivity contribution in [3.05, 3.63) is 18.0 Å². The number of nitrogens with zero attached hydrogens (tertiary/aromatic N) is 2. The van der Waals surface area contributed by atoms with Gasteiger partial charge in [-0.05, 0) is 31.2 Å². The smallest absolute Gasteiger partial charge is 0.222 e. The minimum absolute atomic E-state index is 0.635. The van der Waals surface area contributed by atoms with E-state index >= 15 is 0 Å². The number of anilines is 1. The molecule has 82 valence electrons. The Morgan fingerprint density at radius 2 is 2.00 bits per heavy atom. The predicted octanol–water partition coefficient (Wildman–Crippen LogP) is 2.78. The van der Waals surface area contributed by atoms with E-state index in [1.54, 1.807) is 0 Å². The van der Waals surface area contributed by atoms with Gasteiger partial charge in [-0.1, -0.05) is 19.8 Å². The Morgan fingerprint density at radius 3 is 2.60 bits per heavy atom. The van der Waals surface area contributed by atoms with E-state index in [9.17, 15) is 0 Å². The lowest BCUT2D eigenvalue weighted by atomic mass is 10.1. The molecule has 15 heavy (non-hydrogen) atoms. The van der Waals surface area contributed by atoms with Crippen LogP contribution in [0.1, 0.15) is 44.6 Å². The number of nitrogens with one attached hydrogen (secondary N) is 1. The first-order valence-corrected chi connectivity index (χ1v) is 5.96. The largest absolute Gasteiger partial charge is 0.351 e. The Balaban J connectivity index is 1.80. The summed E-state index contributed by atoms with van der Waals surface area (Å²) in [4.78, 5) is 8.63. The van der Waals surface area contributed by atoms with Gasteiger partial charge in [0.2, 0.25) is 5.95 Å². The van der Waals surface area contributed by atoms with Crippen molar-refractivity contribution in [2.45, 2.75) is 51.5 Å². The molecule has 1 fully saturated rings. The van der Waals surface area contributed by atoms with Crippen LogP contribution >= 0.6 is 0 Å². The second-order valence-electron chi connectivity index (χ2n) is 4.29. The van der Waals surface area contributed by atoms with Gasteiger partial charge in [0.25, 0.3) is 0 Å². The van der Waals surface area contributed by atoms with E-state index in [2.05, 4.69) is 22.2 Å². The highest BCUT2D eigenvalue weighted by atomic mass is 15.1. The number of rotatable bonds is 6. The molecule has 3 nitrogen and oxygen atoms in total. The summed E-state index contributed by atoms with van der Waals surface area (Å²) in [5.41, 5.74) is 1.25. The van der Waals surface area contributed by atoms with Crippen LogP contribution in [0.4, 0.5) is 5.95 Å². The van der Waals surface area contributed by atoms with E-state index in [4.69, 9.17) is 0 Å². The molecule has 0 spiro atoms. The summed E-state index contributed by atoms with van der Waals surface area (Å²) < 4.78 is 0. The van der Waals surface area contributed by atoms with Crippen LogP contribution in [-0.2, 0) is 6.42 Å². The van der Waals surface area contributed by atoms with Crippen LogP contribution in [-0.4, -0.2) is 16.0 Å². The van der Waals surface area contributed by atoms with E-state index < -0.39 is 0 Å². The van der Waals surface area contributed by atoms with Gasteiger partial charge >= 0.3 is 0 Å². The quantitative estimate of drug-likeness (QED) is 0.726. The summed E-state index contributed by atoms with van der Waals surface area (Å²) in [5.74, 6) is 0.789. The van der Waals surface area contributed by atoms with Crippen molar-refractivity contribution < 1.29 is 0 Å². The minimum atomic E-state index is 0.635. The van der Waals surface area contributed by atoms with Crippen LogP contribution in [0, 0.1) is 0 Å². The lowest BCUT2D eigenvalue weighted by Crippen LogP contribution is -2.05. The topological polar surface area (TPSA) is 37.8 Å². The van der Waals surface area contributed by atoms with Crippen molar-refractivity contribution in [1.82, 2.24) is 9.97 Å². The summed E-state index contributed by atoms with van der Waals surface area (Å²) >= 11 is 0. The van der Waals surface area contributed by atoms with Gasteiger partial charge in [-0.15, -0.1) is 0 Å². The van der Waals surface area contributed by atoms with E-state index in [1.807, 2.05) is 12.4 Å². The second kappa shape index (κ2) is 5.10. The summed E-state index contributed by atoms with van der Waals surface area (Å²) in [6.07, 6.45) is 11.3. The third kappa shape index (κ3) is 3.50. The summed E-state index contributed by atoms with van der Waals surface area (Å²) in [7, 11) is 0. The molecule has 0 aliphatic heterocycles. The van der Waals surface area contributed by atoms with Gasteiger partial charge in [0.05, 0.1) is 0 Å². The first-order chi connectivity index (χ1) is 7.38. The monoisotopic (exact) mass is 205 g/mol. The van der Waals surface area contributed by atoms with Crippen LogP contribution in [0.15, 0.2) is 12.4 Å². The average Bonchev–Trinajstić information content (AvgIpc) is 3.05. The number of aromatic nitrogens is 2. The van der Waals surface area contributed by atoms with Gasteiger partial charge in [-0.3, -0.25) is 0 Å². The fourth-order valence-electron chi connectivity index (χ4n) is 1.55. The van der Waals surface area contributed by atoms with E-state index in [0.717, 1.165) is 12.4 Å². The van der Waals surface area contributed by atoms with Gasteiger partial charge in [-0.25, -0.2) is 9.97 Å². The van der Waals surface area contributed by atoms with Crippen molar-refractivity contribution in [3.63, 3.8) is 0 Å². The molecule has 0 amide bonds. The molecule has 1 heterocycles. The van der Waals surface area contributed by atoms with Crippen LogP contribution in [0.3, 0.4) is 0 Å². The highest BCUT2D eigenvalue weighted by Crippen LogP contribution is 2.22. The third-order valence-electron chi connectivity index (χ3n) is 2.68. The SMILES string of the molecule is CCCCCc1cnc(NC2CC2)nc1. The highest BCUT2D eigenvalue weighted by Gasteiger charge is 2.21. The van der Waals surface area contributed by atoms with Crippen molar-refractivity contribution in [2.75, 3.05) is 5.32 Å². The van der Waals surface area contributed by atoms with Gasteiger partial charge in [0.15, 0.2) is 0 Å². The molecule has 3 heteroatoms. The third-order valence-corrected chi connectivity index (χ3v) is 2.68. The maximum atomic E-state index is 4.32. The minimum Gasteiger partial charge on any atom is -0.351 e. The molecule has 1 N–H and O–H groups in total. The lowest BCUT2D eigenvalue weighted by molar-refractivity contribution is 0.714. The molecular formula is C12H19N3. The molecule has 1 aliphatic carbocycles. The van der Waals surface area contributed by atoms with Crippen molar-refractivity contribution in [1.29, 1.82) is 0 Å². The molecule has 0 atom stereocenters. The van der Waals surface area contributed by atoms with Crippen LogP contribution in [0.25, 0.3) is 0 Å². The zero-order valence-electron chi connectivity index (χ0n) is 9.37. The molecule has 1 aliphatic rings. The van der Waals surface area contributed by atoms with Crippen LogP contribution in [0.2, 0.25) is 0 Å². The maximum Gasteiger partial charge on any atom is 0.222 e. The fourth-order valence-corrected chi connectivity index (χ4v) is 1.55. The average molecular weight is 205 g/mol. The number of unbranched alkanes of at least 4 members (excludes halogenated alkanes) is 2. The molecule has 0 bridgehead atoms. The van der Waals surface area contributed by atoms with Crippen LogP contribution < -0.4 is 5.32 Å². The molecule has 0 aromatic carbocycles. The Labute approximate surface area is 91.3 Å². The second-order valence-corrected chi connectivity index (χ2v) is 4.29. The number of hydrogen-bond donors (Lipinski definition) is 1. The molecule has 2 rings (SSSR count). The summed E-state index contributed by atoms with van der Waals surface area (Å²) in [6.45, 7) is 2.22. The standard InChI is InChI=1S/C12H19N3/c1-2-3-4-5-10-8-13-12(14-9-10)15-11-6-7-11/h8-9,11H,2-7H2,1H3,(H,13,14,15). The zero-order chi connectivity index (χ0) is 10.5. The molecule has 0 radical (unpaired) electrons. The Kier molecular flexibility index (Phi) is 3.54. The van der Waals surface area contributed by atoms with Crippen LogP contribution in [0.5, 0.6) is 0 Å². The zero-order valence-corrected chi connectivity index (χ0v) is 9.37. The Bertz CT molecular complexity index is 290. The summed E-state index contributed by atoms with van der Waals surface area (Å²) in [6, 6.07) is 0.635. The first-order valence-electron chi connectivity index (χ1n) is 5.96. The Morgan fingerprint density at radius 1 is 1.27 bits per heavy atom. The number of hydrogen-bond acceptors (Lipinski definition) is 3. The lowest BCUT2D eigenvalue weighted by Gasteiger charge is -2.03. The van der Waals surface area contributed by atoms with Crippen molar-refractivity contribution >= 4 is 5.95 Å². The van der Waals surface area contributed by atoms with E-state index in [1.165, 1.54) is 37.7 Å². The predicted molar refractivity (Wildman–Crippen MR) is 61.9 cm³/mol. The summed E-state index contributed by atoms with van der Waals surface area (Å²) in [5, 5.41) is 3.29. The van der Waals surface area contributed by atoms with Gasteiger partial charge < -0.3 is 5.32 Å². The van der Waals surface area contributed by atoms with Crippen molar-refractivity contribution in [2.24, 2.45) is 0 Å². The molecule has 1 aromatic rings. The van der Waals surface area contributed by atoms with E-state index in [-0.39, 0.29) is 0 Å². The molecular weight excluding hydrogens is 186 g/mol. The molecule has 0 saturated heterocycles. The highest BCUT2D eigenvalue weighted by molar-refractivity contribution is 5.28. The van der Waals surface area contributed by atoms with Gasteiger partial charge in [-0.2, -0.15) is 0 Å². The van der Waals surface area contributed by atoms with Crippen molar-refractivity contribution in [3.8, 4) is 0 Å². The first kappa shape index (κ1) is 10.4. The maximum absolute atomic E-state index is 4.32. The molecule has 1 saturated carbocycles. The fraction of sp³-hybridized carbons (Fsp3) is 0.667.